The molecule has 0 saturated carbocycles. The normalized spacial score (nSPS) is 14.0. The number of carbonyl (C=O) groups is 1. The van der Waals surface area contributed by atoms with E-state index in [1.54, 1.807) is 18.3 Å². The number of fused-ring (bicyclic) bond motifs is 1. The zero-order valence-electron chi connectivity index (χ0n) is 16.8. The van der Waals surface area contributed by atoms with Crippen molar-refractivity contribution in [2.24, 2.45) is 0 Å². The van der Waals surface area contributed by atoms with Gasteiger partial charge >= 0.3 is 0 Å². The number of H-pyrrole nitrogens is 1. The Morgan fingerprint density at radius 3 is 2.70 bits per heavy atom. The maximum atomic E-state index is 12.6. The number of hydrogen-bond donors (Lipinski definition) is 1. The molecule has 0 aliphatic carbocycles. The standard InChI is InChI=1S/C22H22N6O2/c1-15-2-4-17-18(12-15)25-19(26-22(17)30)5-7-21(29)28-10-8-27(9-11-28)20-6-3-16(13-23)14-24-20/h2-4,6,12,14H,5,7-11H2,1H3,(H,25,26,30). The summed E-state index contributed by atoms with van der Waals surface area (Å²) in [5.41, 5.74) is 2.05. The molecule has 1 fully saturated rings. The van der Waals surface area contributed by atoms with Gasteiger partial charge in [-0.15, -0.1) is 0 Å². The maximum Gasteiger partial charge on any atom is 0.258 e. The van der Waals surface area contributed by atoms with Crippen LogP contribution >= 0.6 is 0 Å². The molecule has 0 radical (unpaired) electrons. The number of nitrogens with zero attached hydrogens (tertiary/aromatic N) is 5. The first-order chi connectivity index (χ1) is 14.5. The van der Waals surface area contributed by atoms with Crippen molar-refractivity contribution in [2.75, 3.05) is 31.1 Å². The molecule has 1 saturated heterocycles. The van der Waals surface area contributed by atoms with Crippen molar-refractivity contribution in [1.82, 2.24) is 19.9 Å². The number of aryl methyl sites for hydroxylation is 2. The molecule has 8 heteroatoms. The number of nitriles is 1. The van der Waals surface area contributed by atoms with Crippen molar-refractivity contribution in [1.29, 1.82) is 5.26 Å². The number of carbonyl (C=O) groups excluding carboxylic acids is 1. The Kier molecular flexibility index (Phi) is 5.44. The highest BCUT2D eigenvalue weighted by Crippen LogP contribution is 2.15. The number of benzene rings is 1. The third-order valence-corrected chi connectivity index (χ3v) is 5.32. The average Bonchev–Trinajstić information content (AvgIpc) is 2.77. The lowest BCUT2D eigenvalue weighted by Crippen LogP contribution is -2.49. The zero-order valence-corrected chi connectivity index (χ0v) is 16.8. The number of piperazine rings is 1. The smallest absolute Gasteiger partial charge is 0.258 e. The second-order valence-electron chi connectivity index (χ2n) is 7.42. The van der Waals surface area contributed by atoms with E-state index in [1.165, 1.54) is 0 Å². The highest BCUT2D eigenvalue weighted by molar-refractivity contribution is 5.79. The lowest BCUT2D eigenvalue weighted by molar-refractivity contribution is -0.131. The molecule has 1 aromatic carbocycles. The van der Waals surface area contributed by atoms with E-state index in [-0.39, 0.29) is 11.5 Å². The molecule has 30 heavy (non-hydrogen) atoms. The van der Waals surface area contributed by atoms with Crippen LogP contribution in [-0.4, -0.2) is 51.9 Å². The average molecular weight is 402 g/mol. The summed E-state index contributed by atoms with van der Waals surface area (Å²) in [5, 5.41) is 9.43. The molecule has 1 amide bonds. The van der Waals surface area contributed by atoms with E-state index in [4.69, 9.17) is 5.26 Å². The molecule has 3 aromatic rings. The van der Waals surface area contributed by atoms with Crippen LogP contribution in [0, 0.1) is 18.3 Å². The Bertz CT molecular complexity index is 1170. The van der Waals surface area contributed by atoms with Crippen molar-refractivity contribution >= 4 is 22.6 Å². The fourth-order valence-electron chi connectivity index (χ4n) is 3.62. The minimum atomic E-state index is -0.175. The first-order valence-electron chi connectivity index (χ1n) is 9.92. The Hall–Kier alpha value is -3.73. The summed E-state index contributed by atoms with van der Waals surface area (Å²) in [6.07, 6.45) is 2.26. The van der Waals surface area contributed by atoms with E-state index in [9.17, 15) is 9.59 Å². The fourth-order valence-corrected chi connectivity index (χ4v) is 3.62. The molecule has 2 aromatic heterocycles. The van der Waals surface area contributed by atoms with Gasteiger partial charge in [0, 0.05) is 45.2 Å². The number of anilines is 1. The monoisotopic (exact) mass is 402 g/mol. The Balaban J connectivity index is 1.34. The zero-order chi connectivity index (χ0) is 21.1. The van der Waals surface area contributed by atoms with Crippen molar-refractivity contribution in [3.8, 4) is 6.07 Å². The molecule has 1 aliphatic rings. The first kappa shape index (κ1) is 19.6. The molecular weight excluding hydrogens is 380 g/mol. The minimum Gasteiger partial charge on any atom is -0.353 e. The van der Waals surface area contributed by atoms with Gasteiger partial charge in [0.15, 0.2) is 0 Å². The largest absolute Gasteiger partial charge is 0.353 e. The van der Waals surface area contributed by atoms with Gasteiger partial charge in [-0.25, -0.2) is 9.97 Å². The molecule has 0 atom stereocenters. The summed E-state index contributed by atoms with van der Waals surface area (Å²) in [7, 11) is 0. The maximum absolute atomic E-state index is 12.6. The number of rotatable bonds is 4. The summed E-state index contributed by atoms with van der Waals surface area (Å²) in [5.74, 6) is 1.40. The van der Waals surface area contributed by atoms with Crippen LogP contribution in [0.3, 0.4) is 0 Å². The van der Waals surface area contributed by atoms with Gasteiger partial charge in [0.2, 0.25) is 5.91 Å². The molecule has 0 bridgehead atoms. The molecule has 152 valence electrons. The topological polar surface area (TPSA) is 106 Å². The molecule has 1 aliphatic heterocycles. The number of hydrogen-bond acceptors (Lipinski definition) is 6. The van der Waals surface area contributed by atoms with Crippen LogP contribution in [-0.2, 0) is 11.2 Å². The summed E-state index contributed by atoms with van der Waals surface area (Å²) in [6, 6.07) is 11.2. The Morgan fingerprint density at radius 2 is 2.00 bits per heavy atom. The number of pyridine rings is 1. The van der Waals surface area contributed by atoms with Crippen LogP contribution in [0.2, 0.25) is 0 Å². The summed E-state index contributed by atoms with van der Waals surface area (Å²) >= 11 is 0. The SMILES string of the molecule is Cc1ccc2c(=O)[nH]c(CCC(=O)N3CCN(c4ccc(C#N)cn4)CC3)nc2c1. The quantitative estimate of drug-likeness (QED) is 0.713. The molecular formula is C22H22N6O2. The summed E-state index contributed by atoms with van der Waals surface area (Å²) < 4.78 is 0. The van der Waals surface area contributed by atoms with Crippen molar-refractivity contribution < 1.29 is 4.79 Å². The Labute approximate surface area is 173 Å². The van der Waals surface area contributed by atoms with Gasteiger partial charge in [-0.3, -0.25) is 9.59 Å². The van der Waals surface area contributed by atoms with Crippen LogP contribution in [0.15, 0.2) is 41.3 Å². The van der Waals surface area contributed by atoms with Crippen LogP contribution in [0.25, 0.3) is 10.9 Å². The number of nitrogens with one attached hydrogen (secondary N) is 1. The van der Waals surface area contributed by atoms with E-state index in [0.717, 1.165) is 11.4 Å². The van der Waals surface area contributed by atoms with Crippen molar-refractivity contribution in [3.05, 3.63) is 63.8 Å². The second-order valence-corrected chi connectivity index (χ2v) is 7.42. The third-order valence-electron chi connectivity index (χ3n) is 5.32. The molecule has 1 N–H and O–H groups in total. The van der Waals surface area contributed by atoms with Crippen LogP contribution in [0.5, 0.6) is 0 Å². The van der Waals surface area contributed by atoms with Gasteiger partial charge in [0.05, 0.1) is 16.5 Å². The van der Waals surface area contributed by atoms with E-state index in [0.29, 0.717) is 61.3 Å². The third kappa shape index (κ3) is 4.15. The lowest BCUT2D eigenvalue weighted by Gasteiger charge is -2.35. The minimum absolute atomic E-state index is 0.0504. The van der Waals surface area contributed by atoms with Crippen molar-refractivity contribution in [3.63, 3.8) is 0 Å². The summed E-state index contributed by atoms with van der Waals surface area (Å²) in [6.45, 7) is 4.56. The number of aromatic amines is 1. The van der Waals surface area contributed by atoms with Crippen molar-refractivity contribution in [2.45, 2.75) is 19.8 Å². The van der Waals surface area contributed by atoms with Crippen LogP contribution < -0.4 is 10.5 Å². The molecule has 0 spiro atoms. The van der Waals surface area contributed by atoms with E-state index in [2.05, 4.69) is 25.9 Å². The second kappa shape index (κ2) is 8.33. The lowest BCUT2D eigenvalue weighted by atomic mass is 10.1. The number of amides is 1. The Morgan fingerprint density at radius 1 is 1.20 bits per heavy atom. The highest BCUT2D eigenvalue weighted by atomic mass is 16.2. The van der Waals surface area contributed by atoms with Crippen LogP contribution in [0.4, 0.5) is 5.82 Å². The van der Waals surface area contributed by atoms with Crippen LogP contribution in [0.1, 0.15) is 23.4 Å². The van der Waals surface area contributed by atoms with E-state index < -0.39 is 0 Å². The molecule has 4 rings (SSSR count). The van der Waals surface area contributed by atoms with Gasteiger partial charge in [-0.05, 0) is 36.8 Å². The predicted octanol–water partition coefficient (Wildman–Crippen LogP) is 1.78. The number of aromatic nitrogens is 3. The van der Waals surface area contributed by atoms with Gasteiger partial charge < -0.3 is 14.8 Å². The molecule has 0 unspecified atom stereocenters. The van der Waals surface area contributed by atoms with Gasteiger partial charge in [-0.2, -0.15) is 5.26 Å². The van der Waals surface area contributed by atoms with E-state index >= 15 is 0 Å². The van der Waals surface area contributed by atoms with Gasteiger partial charge in [0.1, 0.15) is 17.7 Å². The molecule has 3 heterocycles. The predicted molar refractivity (Wildman–Crippen MR) is 113 cm³/mol. The van der Waals surface area contributed by atoms with Gasteiger partial charge in [-0.1, -0.05) is 6.07 Å². The van der Waals surface area contributed by atoms with E-state index in [1.807, 2.05) is 30.0 Å². The first-order valence-corrected chi connectivity index (χ1v) is 9.92. The highest BCUT2D eigenvalue weighted by Gasteiger charge is 2.22. The van der Waals surface area contributed by atoms with Gasteiger partial charge in [0.25, 0.3) is 5.56 Å². The summed E-state index contributed by atoms with van der Waals surface area (Å²) in [4.78, 5) is 40.4. The molecule has 8 nitrogen and oxygen atoms in total. The fraction of sp³-hybridized carbons (Fsp3) is 0.318.